The molecule has 0 amide bonds. The van der Waals surface area contributed by atoms with Gasteiger partial charge in [0.15, 0.2) is 17.5 Å². The van der Waals surface area contributed by atoms with Gasteiger partial charge in [0.05, 0.1) is 5.41 Å². The van der Waals surface area contributed by atoms with Crippen molar-refractivity contribution in [3.63, 3.8) is 0 Å². The van der Waals surface area contributed by atoms with Gasteiger partial charge in [-0.05, 0) is 45.5 Å². The number of fused-ring (bicyclic) bond motifs is 6. The van der Waals surface area contributed by atoms with E-state index in [2.05, 4.69) is 115 Å². The molecule has 4 heteroatoms. The first-order valence-corrected chi connectivity index (χ1v) is 17.7. The lowest BCUT2D eigenvalue weighted by Crippen LogP contribution is -2.28. The van der Waals surface area contributed by atoms with E-state index in [9.17, 15) is 0 Å². The number of rotatable bonds is 5. The van der Waals surface area contributed by atoms with Crippen LogP contribution in [-0.2, 0) is 5.41 Å². The SMILES string of the molecule is c1ccc(-c2nc(-c3ccccc3)nc(-c3ccc4c(c3)sc3cc(C5(c6ccccc6)c6ccccc6-c6ccccc65)ccc34)n2)cc1. The lowest BCUT2D eigenvalue weighted by atomic mass is 9.67. The lowest BCUT2D eigenvalue weighted by molar-refractivity contribution is 0.770. The predicted octanol–water partition coefficient (Wildman–Crippen LogP) is 11.6. The van der Waals surface area contributed by atoms with Crippen LogP contribution < -0.4 is 0 Å². The van der Waals surface area contributed by atoms with E-state index in [-0.39, 0.29) is 0 Å². The van der Waals surface area contributed by atoms with Gasteiger partial charge in [0.2, 0.25) is 0 Å². The van der Waals surface area contributed by atoms with Gasteiger partial charge in [0.1, 0.15) is 0 Å². The Morgan fingerprint density at radius 2 is 0.820 bits per heavy atom. The molecule has 7 aromatic carbocycles. The maximum absolute atomic E-state index is 4.99. The topological polar surface area (TPSA) is 38.7 Å². The Balaban J connectivity index is 1.15. The van der Waals surface area contributed by atoms with Crippen LogP contribution in [0.3, 0.4) is 0 Å². The van der Waals surface area contributed by atoms with Gasteiger partial charge in [-0.15, -0.1) is 11.3 Å². The zero-order valence-electron chi connectivity index (χ0n) is 27.0. The van der Waals surface area contributed by atoms with E-state index in [1.165, 1.54) is 53.6 Å². The molecule has 10 rings (SSSR count). The second-order valence-electron chi connectivity index (χ2n) is 12.8. The van der Waals surface area contributed by atoms with Crippen molar-refractivity contribution >= 4 is 31.5 Å². The van der Waals surface area contributed by atoms with Crippen LogP contribution in [0.25, 0.3) is 65.5 Å². The molecule has 0 saturated heterocycles. The average Bonchev–Trinajstić information content (AvgIpc) is 3.72. The molecule has 0 fully saturated rings. The monoisotopic (exact) mass is 655 g/mol. The Bertz CT molecular complexity index is 2600. The van der Waals surface area contributed by atoms with Crippen molar-refractivity contribution in [2.75, 3.05) is 0 Å². The summed E-state index contributed by atoms with van der Waals surface area (Å²) in [6.45, 7) is 0. The standard InChI is InChI=1S/C46H29N3S/c1-4-14-30(15-5-1)43-47-44(31-16-6-2-7-17-31)49-45(48-43)32-24-26-37-38-27-25-34(29-42(38)50-41(37)28-32)46(33-18-8-3-9-19-33)39-22-12-10-20-35(39)36-21-11-13-23-40(36)46/h1-29H. The smallest absolute Gasteiger partial charge is 0.164 e. The number of hydrogen-bond acceptors (Lipinski definition) is 4. The van der Waals surface area contributed by atoms with Gasteiger partial charge in [-0.2, -0.15) is 0 Å². The maximum atomic E-state index is 4.99. The zero-order chi connectivity index (χ0) is 33.1. The van der Waals surface area contributed by atoms with Crippen LogP contribution >= 0.6 is 11.3 Å². The minimum Gasteiger partial charge on any atom is -0.208 e. The summed E-state index contributed by atoms with van der Waals surface area (Å²) < 4.78 is 2.47. The van der Waals surface area contributed by atoms with Crippen molar-refractivity contribution in [1.29, 1.82) is 0 Å². The summed E-state index contributed by atoms with van der Waals surface area (Å²) in [6.07, 6.45) is 0. The van der Waals surface area contributed by atoms with Crippen LogP contribution in [0.4, 0.5) is 0 Å². The lowest BCUT2D eigenvalue weighted by Gasteiger charge is -2.33. The molecule has 0 unspecified atom stereocenters. The summed E-state index contributed by atoms with van der Waals surface area (Å²) in [6, 6.07) is 62.8. The van der Waals surface area contributed by atoms with Crippen molar-refractivity contribution in [2.45, 2.75) is 5.41 Å². The van der Waals surface area contributed by atoms with Crippen molar-refractivity contribution in [1.82, 2.24) is 15.0 Å². The third-order valence-electron chi connectivity index (χ3n) is 10.0. The minimum absolute atomic E-state index is 0.420. The Kier molecular flexibility index (Phi) is 6.58. The van der Waals surface area contributed by atoms with Crippen molar-refractivity contribution in [2.24, 2.45) is 0 Å². The molecule has 0 bridgehead atoms. The van der Waals surface area contributed by atoms with E-state index in [0.29, 0.717) is 17.5 Å². The van der Waals surface area contributed by atoms with Gasteiger partial charge < -0.3 is 0 Å². The first-order chi connectivity index (χ1) is 24.8. The van der Waals surface area contributed by atoms with E-state index >= 15 is 0 Å². The minimum atomic E-state index is -0.420. The largest absolute Gasteiger partial charge is 0.208 e. The quantitative estimate of drug-likeness (QED) is 0.185. The van der Waals surface area contributed by atoms with Crippen LogP contribution in [0.1, 0.15) is 22.3 Å². The van der Waals surface area contributed by atoms with Gasteiger partial charge in [0, 0.05) is 36.9 Å². The molecule has 0 N–H and O–H groups in total. The molecule has 2 aromatic heterocycles. The first-order valence-electron chi connectivity index (χ1n) is 16.9. The van der Waals surface area contributed by atoms with Crippen molar-refractivity contribution in [3.8, 4) is 45.3 Å². The number of nitrogens with zero attached hydrogens (tertiary/aromatic N) is 3. The Morgan fingerprint density at radius 3 is 1.40 bits per heavy atom. The molecular weight excluding hydrogens is 627 g/mol. The van der Waals surface area contributed by atoms with Crippen molar-refractivity contribution in [3.05, 3.63) is 198 Å². The second-order valence-corrected chi connectivity index (χ2v) is 13.9. The molecule has 2 heterocycles. The molecule has 9 aromatic rings. The van der Waals surface area contributed by atoms with Crippen LogP contribution in [0.2, 0.25) is 0 Å². The fraction of sp³-hybridized carbons (Fsp3) is 0.0217. The van der Waals surface area contributed by atoms with E-state index in [1.54, 1.807) is 0 Å². The normalized spacial score (nSPS) is 13.0. The summed E-state index contributed by atoms with van der Waals surface area (Å²) in [4.78, 5) is 14.9. The zero-order valence-corrected chi connectivity index (χ0v) is 27.8. The Hall–Kier alpha value is -6.23. The first kappa shape index (κ1) is 28.8. The van der Waals surface area contributed by atoms with Crippen LogP contribution in [0.15, 0.2) is 176 Å². The average molecular weight is 656 g/mol. The summed E-state index contributed by atoms with van der Waals surface area (Å²) in [5.41, 5.74) is 10.3. The highest BCUT2D eigenvalue weighted by Crippen LogP contribution is 2.56. The highest BCUT2D eigenvalue weighted by atomic mass is 32.1. The molecule has 3 nitrogen and oxygen atoms in total. The molecule has 234 valence electrons. The van der Waals surface area contributed by atoms with E-state index in [1.807, 2.05) is 72.0 Å². The van der Waals surface area contributed by atoms with Crippen LogP contribution in [0.5, 0.6) is 0 Å². The highest BCUT2D eigenvalue weighted by Gasteiger charge is 2.45. The van der Waals surface area contributed by atoms with E-state index in [4.69, 9.17) is 15.0 Å². The van der Waals surface area contributed by atoms with Gasteiger partial charge in [-0.25, -0.2) is 15.0 Å². The van der Waals surface area contributed by atoms with Gasteiger partial charge in [-0.1, -0.05) is 164 Å². The molecule has 0 spiro atoms. The third kappa shape index (κ3) is 4.39. The Labute approximate surface area is 294 Å². The molecule has 0 atom stereocenters. The molecule has 0 saturated carbocycles. The maximum Gasteiger partial charge on any atom is 0.164 e. The number of thiophene rings is 1. The predicted molar refractivity (Wildman–Crippen MR) is 206 cm³/mol. The number of benzene rings is 7. The summed E-state index contributed by atoms with van der Waals surface area (Å²) in [5.74, 6) is 2.00. The summed E-state index contributed by atoms with van der Waals surface area (Å²) in [7, 11) is 0. The third-order valence-corrected chi connectivity index (χ3v) is 11.1. The van der Waals surface area contributed by atoms with E-state index < -0.39 is 5.41 Å². The van der Waals surface area contributed by atoms with Crippen LogP contribution in [0, 0.1) is 0 Å². The highest BCUT2D eigenvalue weighted by molar-refractivity contribution is 7.25. The fourth-order valence-electron chi connectivity index (χ4n) is 7.80. The molecule has 50 heavy (non-hydrogen) atoms. The fourth-order valence-corrected chi connectivity index (χ4v) is 8.98. The number of hydrogen-bond donors (Lipinski definition) is 0. The summed E-state index contributed by atoms with van der Waals surface area (Å²) >= 11 is 1.83. The van der Waals surface area contributed by atoms with Crippen molar-refractivity contribution < 1.29 is 0 Å². The number of aromatic nitrogens is 3. The van der Waals surface area contributed by atoms with Gasteiger partial charge in [-0.3, -0.25) is 0 Å². The van der Waals surface area contributed by atoms with E-state index in [0.717, 1.165) is 16.7 Å². The van der Waals surface area contributed by atoms with Crippen LogP contribution in [-0.4, -0.2) is 15.0 Å². The summed E-state index contributed by atoms with van der Waals surface area (Å²) in [5, 5.41) is 2.50. The molecule has 1 aliphatic carbocycles. The molecular formula is C46H29N3S. The second kappa shape index (κ2) is 11.4. The Morgan fingerprint density at radius 1 is 0.360 bits per heavy atom. The molecule has 0 radical (unpaired) electrons. The van der Waals surface area contributed by atoms with Gasteiger partial charge >= 0.3 is 0 Å². The van der Waals surface area contributed by atoms with Gasteiger partial charge in [0.25, 0.3) is 0 Å². The molecule has 1 aliphatic rings. The molecule has 0 aliphatic heterocycles.